The number of halogens is 2. The quantitative estimate of drug-likeness (QED) is 0.817. The number of carboxylic acids is 1. The molecule has 0 saturated heterocycles. The Hall–Kier alpha value is -1.19. The first-order chi connectivity index (χ1) is 6.61. The summed E-state index contributed by atoms with van der Waals surface area (Å²) in [5.41, 5.74) is 0.384. The van der Waals surface area contributed by atoms with Crippen LogP contribution in [-0.4, -0.2) is 11.1 Å². The molecule has 0 spiro atoms. The second-order valence-corrected chi connectivity index (χ2v) is 3.48. The van der Waals surface area contributed by atoms with Crippen molar-refractivity contribution in [3.8, 4) is 0 Å². The average molecular weight is 231 g/mol. The van der Waals surface area contributed by atoms with Crippen LogP contribution in [0.2, 0.25) is 10.0 Å². The lowest BCUT2D eigenvalue weighted by Gasteiger charge is -1.95. The lowest BCUT2D eigenvalue weighted by atomic mass is 10.2. The summed E-state index contributed by atoms with van der Waals surface area (Å²) in [5, 5.41) is 9.82. The molecule has 0 aliphatic heterocycles. The number of carboxylic acid groups (broad SMARTS) is 1. The summed E-state index contributed by atoms with van der Waals surface area (Å²) in [6.07, 6.45) is 1.15. The van der Waals surface area contributed by atoms with Gasteiger partial charge in [0.25, 0.3) is 0 Å². The van der Waals surface area contributed by atoms with Gasteiger partial charge in [-0.25, -0.2) is 4.79 Å². The summed E-state index contributed by atoms with van der Waals surface area (Å²) in [4.78, 5) is 10.7. The van der Waals surface area contributed by atoms with Gasteiger partial charge in [-0.05, 0) is 12.1 Å². The summed E-state index contributed by atoms with van der Waals surface area (Å²) in [6, 6.07) is 3.10. The van der Waals surface area contributed by atoms with Crippen LogP contribution in [0.15, 0.2) is 22.8 Å². The fourth-order valence-corrected chi connectivity index (χ4v) is 1.56. The van der Waals surface area contributed by atoms with Gasteiger partial charge in [-0.1, -0.05) is 23.2 Å². The van der Waals surface area contributed by atoms with Gasteiger partial charge in [0.05, 0.1) is 5.02 Å². The first-order valence-corrected chi connectivity index (χ1v) is 4.45. The molecular formula is C9H4Cl2O3. The average Bonchev–Trinajstić information content (AvgIpc) is 2.55. The van der Waals surface area contributed by atoms with Gasteiger partial charge in [0.2, 0.25) is 0 Å². The SMILES string of the molecule is O=C(O)c1coc2c(Cl)c(Cl)ccc12. The number of hydrogen-bond donors (Lipinski definition) is 1. The van der Waals surface area contributed by atoms with E-state index in [1.807, 2.05) is 0 Å². The highest BCUT2D eigenvalue weighted by atomic mass is 35.5. The molecular weight excluding hydrogens is 227 g/mol. The van der Waals surface area contributed by atoms with E-state index in [1.165, 1.54) is 6.07 Å². The number of hydrogen-bond acceptors (Lipinski definition) is 2. The maximum absolute atomic E-state index is 10.7. The number of benzene rings is 1. The van der Waals surface area contributed by atoms with Gasteiger partial charge in [0.15, 0.2) is 5.58 Å². The molecule has 0 amide bonds. The molecule has 72 valence electrons. The van der Waals surface area contributed by atoms with E-state index in [9.17, 15) is 4.79 Å². The summed E-state index contributed by atoms with van der Waals surface area (Å²) in [7, 11) is 0. The topological polar surface area (TPSA) is 50.4 Å². The molecule has 0 aliphatic carbocycles. The van der Waals surface area contributed by atoms with Crippen molar-refractivity contribution >= 4 is 40.1 Å². The van der Waals surface area contributed by atoms with E-state index >= 15 is 0 Å². The molecule has 0 atom stereocenters. The molecule has 3 nitrogen and oxygen atoms in total. The molecule has 1 aromatic carbocycles. The minimum atomic E-state index is -1.05. The second kappa shape index (κ2) is 3.19. The molecule has 1 aromatic heterocycles. The van der Waals surface area contributed by atoms with Crippen molar-refractivity contribution in [3.05, 3.63) is 34.0 Å². The van der Waals surface area contributed by atoms with Gasteiger partial charge in [-0.3, -0.25) is 0 Å². The number of carbonyl (C=O) groups is 1. The third-order valence-electron chi connectivity index (χ3n) is 1.87. The summed E-state index contributed by atoms with van der Waals surface area (Å²) < 4.78 is 5.02. The third-order valence-corrected chi connectivity index (χ3v) is 2.65. The molecule has 2 aromatic rings. The van der Waals surface area contributed by atoms with Gasteiger partial charge in [-0.2, -0.15) is 0 Å². The molecule has 0 aliphatic rings. The van der Waals surface area contributed by atoms with Crippen molar-refractivity contribution in [2.24, 2.45) is 0 Å². The van der Waals surface area contributed by atoms with Crippen molar-refractivity contribution < 1.29 is 14.3 Å². The first kappa shape index (κ1) is 9.37. The van der Waals surface area contributed by atoms with Gasteiger partial charge < -0.3 is 9.52 Å². The van der Waals surface area contributed by atoms with Gasteiger partial charge in [0, 0.05) is 5.39 Å². The van der Waals surface area contributed by atoms with E-state index in [4.69, 9.17) is 32.7 Å². The van der Waals surface area contributed by atoms with E-state index in [1.54, 1.807) is 6.07 Å². The Morgan fingerprint density at radius 3 is 2.71 bits per heavy atom. The fraction of sp³-hybridized carbons (Fsp3) is 0. The Balaban J connectivity index is 2.83. The summed E-state index contributed by atoms with van der Waals surface area (Å²) >= 11 is 11.6. The van der Waals surface area contributed by atoms with Gasteiger partial charge >= 0.3 is 5.97 Å². The molecule has 0 unspecified atom stereocenters. The molecule has 0 fully saturated rings. The van der Waals surface area contributed by atoms with E-state index < -0.39 is 5.97 Å². The van der Waals surface area contributed by atoms with Gasteiger partial charge in [-0.15, -0.1) is 0 Å². The fourth-order valence-electron chi connectivity index (χ4n) is 1.21. The maximum atomic E-state index is 10.7. The molecule has 2 rings (SSSR count). The molecule has 0 saturated carbocycles. The predicted octanol–water partition coefficient (Wildman–Crippen LogP) is 3.44. The van der Waals surface area contributed by atoms with Crippen LogP contribution in [0.3, 0.4) is 0 Å². The first-order valence-electron chi connectivity index (χ1n) is 3.69. The van der Waals surface area contributed by atoms with Crippen LogP contribution in [0.4, 0.5) is 0 Å². The zero-order valence-corrected chi connectivity index (χ0v) is 8.26. The van der Waals surface area contributed by atoms with E-state index in [0.717, 1.165) is 6.26 Å². The normalized spacial score (nSPS) is 10.7. The maximum Gasteiger partial charge on any atom is 0.339 e. The Kier molecular flexibility index (Phi) is 2.13. The van der Waals surface area contributed by atoms with Crippen LogP contribution in [0.5, 0.6) is 0 Å². The van der Waals surface area contributed by atoms with Crippen LogP contribution >= 0.6 is 23.2 Å². The number of aromatic carboxylic acids is 1. The highest BCUT2D eigenvalue weighted by Gasteiger charge is 2.15. The zero-order chi connectivity index (χ0) is 10.3. The second-order valence-electron chi connectivity index (χ2n) is 2.69. The lowest BCUT2D eigenvalue weighted by Crippen LogP contribution is -1.93. The Morgan fingerprint density at radius 1 is 1.36 bits per heavy atom. The van der Waals surface area contributed by atoms with Crippen LogP contribution in [-0.2, 0) is 0 Å². The highest BCUT2D eigenvalue weighted by molar-refractivity contribution is 6.45. The van der Waals surface area contributed by atoms with Crippen LogP contribution < -0.4 is 0 Å². The largest absolute Gasteiger partial charge is 0.478 e. The molecule has 1 N–H and O–H groups in total. The smallest absolute Gasteiger partial charge is 0.339 e. The molecule has 0 bridgehead atoms. The third kappa shape index (κ3) is 1.25. The van der Waals surface area contributed by atoms with Crippen molar-refractivity contribution in [3.63, 3.8) is 0 Å². The lowest BCUT2D eigenvalue weighted by molar-refractivity contribution is 0.0698. The Morgan fingerprint density at radius 2 is 2.07 bits per heavy atom. The Bertz CT molecular complexity index is 516. The monoisotopic (exact) mass is 230 g/mol. The van der Waals surface area contributed by atoms with Crippen LogP contribution in [0.1, 0.15) is 10.4 Å². The number of fused-ring (bicyclic) bond motifs is 1. The van der Waals surface area contributed by atoms with Crippen molar-refractivity contribution in [1.29, 1.82) is 0 Å². The predicted molar refractivity (Wildman–Crippen MR) is 53.2 cm³/mol. The zero-order valence-electron chi connectivity index (χ0n) is 6.75. The molecule has 0 radical (unpaired) electrons. The van der Waals surface area contributed by atoms with Crippen LogP contribution in [0, 0.1) is 0 Å². The number of furan rings is 1. The molecule has 14 heavy (non-hydrogen) atoms. The van der Waals surface area contributed by atoms with Gasteiger partial charge in [0.1, 0.15) is 16.8 Å². The van der Waals surface area contributed by atoms with E-state index in [0.29, 0.717) is 16.0 Å². The Labute approximate surface area is 88.8 Å². The number of rotatable bonds is 1. The minimum absolute atomic E-state index is 0.0820. The molecule has 1 heterocycles. The summed E-state index contributed by atoms with van der Waals surface area (Å²) in [6.45, 7) is 0. The summed E-state index contributed by atoms with van der Waals surface area (Å²) in [5.74, 6) is -1.05. The van der Waals surface area contributed by atoms with Crippen LogP contribution in [0.25, 0.3) is 11.0 Å². The van der Waals surface area contributed by atoms with Crippen molar-refractivity contribution in [2.75, 3.05) is 0 Å². The van der Waals surface area contributed by atoms with E-state index in [2.05, 4.69) is 0 Å². The van der Waals surface area contributed by atoms with Crippen molar-refractivity contribution in [1.82, 2.24) is 0 Å². The van der Waals surface area contributed by atoms with Crippen molar-refractivity contribution in [2.45, 2.75) is 0 Å². The molecule has 5 heteroatoms. The highest BCUT2D eigenvalue weighted by Crippen LogP contribution is 2.33. The standard InChI is InChI=1S/C9H4Cl2O3/c10-6-2-1-4-5(9(12)13)3-14-8(4)7(6)11/h1-3H,(H,12,13). The minimum Gasteiger partial charge on any atom is -0.478 e. The van der Waals surface area contributed by atoms with E-state index in [-0.39, 0.29) is 10.6 Å².